The van der Waals surface area contributed by atoms with E-state index in [0.717, 1.165) is 57.8 Å². The summed E-state index contributed by atoms with van der Waals surface area (Å²) < 4.78 is 34.7. The Bertz CT molecular complexity index is 1590. The zero-order chi connectivity index (χ0) is 62.6. The van der Waals surface area contributed by atoms with Gasteiger partial charge >= 0.3 is 19.8 Å². The van der Waals surface area contributed by atoms with Gasteiger partial charge in [0.05, 0.1) is 27.7 Å². The molecule has 1 N–H and O–H groups in total. The predicted octanol–water partition coefficient (Wildman–Crippen LogP) is 24.4. The molecule has 0 aliphatic carbocycles. The van der Waals surface area contributed by atoms with Gasteiger partial charge in [0.1, 0.15) is 19.8 Å². The monoisotopic (exact) mass is 1230 g/mol. The number of phosphoric ester groups is 1. The first-order valence-electron chi connectivity index (χ1n) is 37.4. The number of rotatable bonds is 70. The number of quaternary nitrogens is 1. The minimum atomic E-state index is -4.39. The highest BCUT2D eigenvalue weighted by atomic mass is 31.2. The summed E-state index contributed by atoms with van der Waals surface area (Å²) in [5.74, 6) is -0.789. The summed E-state index contributed by atoms with van der Waals surface area (Å²) in [6.07, 6.45) is 88.2. The molecule has 0 fully saturated rings. The smallest absolute Gasteiger partial charge is 0.462 e. The maximum atomic E-state index is 12.9. The van der Waals surface area contributed by atoms with Crippen molar-refractivity contribution >= 4 is 19.8 Å². The number of ether oxygens (including phenoxy) is 2. The third-order valence-electron chi connectivity index (χ3n) is 16.8. The Morgan fingerprint density at radius 2 is 0.628 bits per heavy atom. The SMILES string of the molecule is CCCCCCC/C=C\C/C=C\C/C=C\CCCCCCCCCCC(=O)OC(COC(=O)CCCCCCCCCCCCCCCCCCCCCCCCCCCCC/C=C\CCCCCCCCCC)COP(=O)(O)OCC[N+](C)(C)C. The molecule has 0 amide bonds. The first kappa shape index (κ1) is 84.0. The van der Waals surface area contributed by atoms with E-state index in [1.807, 2.05) is 21.1 Å². The molecule has 0 aromatic heterocycles. The van der Waals surface area contributed by atoms with Crippen molar-refractivity contribution in [2.45, 2.75) is 380 Å². The van der Waals surface area contributed by atoms with Crippen molar-refractivity contribution in [3.63, 3.8) is 0 Å². The molecule has 0 spiro atoms. The summed E-state index contributed by atoms with van der Waals surface area (Å²) in [4.78, 5) is 35.9. The van der Waals surface area contributed by atoms with Crippen LogP contribution in [0.2, 0.25) is 0 Å². The van der Waals surface area contributed by atoms with Gasteiger partial charge in [-0.3, -0.25) is 18.6 Å². The van der Waals surface area contributed by atoms with Crippen LogP contribution in [0.25, 0.3) is 0 Å². The molecule has 0 aromatic carbocycles. The van der Waals surface area contributed by atoms with Crippen LogP contribution in [0.3, 0.4) is 0 Å². The number of hydrogen-bond donors (Lipinski definition) is 1. The number of esters is 2. The van der Waals surface area contributed by atoms with E-state index in [9.17, 15) is 19.0 Å². The van der Waals surface area contributed by atoms with Crippen molar-refractivity contribution in [1.82, 2.24) is 0 Å². The highest BCUT2D eigenvalue weighted by molar-refractivity contribution is 7.47. The van der Waals surface area contributed by atoms with Crippen molar-refractivity contribution < 1.29 is 42.1 Å². The van der Waals surface area contributed by atoms with Crippen molar-refractivity contribution in [2.24, 2.45) is 0 Å². The molecule has 0 rings (SSSR count). The molecular weight excluding hydrogens is 1090 g/mol. The Morgan fingerprint density at radius 1 is 0.360 bits per heavy atom. The highest BCUT2D eigenvalue weighted by Crippen LogP contribution is 2.43. The molecule has 0 aromatic rings. The van der Waals surface area contributed by atoms with Gasteiger partial charge in [0.2, 0.25) is 0 Å². The molecule has 0 saturated heterocycles. The lowest BCUT2D eigenvalue weighted by Gasteiger charge is -2.24. The number of allylic oxidation sites excluding steroid dienone is 8. The fourth-order valence-electron chi connectivity index (χ4n) is 11.1. The van der Waals surface area contributed by atoms with Gasteiger partial charge in [-0.1, -0.05) is 332 Å². The van der Waals surface area contributed by atoms with Crippen molar-refractivity contribution in [3.8, 4) is 0 Å². The molecule has 86 heavy (non-hydrogen) atoms. The second-order valence-corrected chi connectivity index (χ2v) is 28.1. The molecule has 506 valence electrons. The third-order valence-corrected chi connectivity index (χ3v) is 17.8. The largest absolute Gasteiger partial charge is 0.472 e. The Kier molecular flexibility index (Phi) is 65.8. The van der Waals surface area contributed by atoms with Crippen LogP contribution in [-0.2, 0) is 32.7 Å². The van der Waals surface area contributed by atoms with Crippen LogP contribution in [0.1, 0.15) is 373 Å². The Morgan fingerprint density at radius 3 is 0.942 bits per heavy atom. The molecule has 0 aliphatic rings. The minimum Gasteiger partial charge on any atom is -0.462 e. The van der Waals surface area contributed by atoms with Gasteiger partial charge in [-0.05, 0) is 77.0 Å². The van der Waals surface area contributed by atoms with Gasteiger partial charge in [0.25, 0.3) is 0 Å². The lowest BCUT2D eigenvalue weighted by molar-refractivity contribution is -0.870. The second-order valence-electron chi connectivity index (χ2n) is 26.7. The number of carbonyl (C=O) groups excluding carboxylic acids is 2. The van der Waals surface area contributed by atoms with Crippen LogP contribution in [0.15, 0.2) is 48.6 Å². The number of nitrogens with zero attached hydrogens (tertiary/aromatic N) is 1. The summed E-state index contributed by atoms with van der Waals surface area (Å²) in [6.45, 7) is 4.47. The van der Waals surface area contributed by atoms with Crippen molar-refractivity contribution in [1.29, 1.82) is 0 Å². The molecule has 0 saturated carbocycles. The lowest BCUT2D eigenvalue weighted by atomic mass is 10.0. The fraction of sp³-hybridized carbons (Fsp3) is 0.868. The summed E-state index contributed by atoms with van der Waals surface area (Å²) in [5.41, 5.74) is 0. The van der Waals surface area contributed by atoms with Crippen LogP contribution in [0.4, 0.5) is 0 Å². The number of likely N-dealkylation sites (N-methyl/N-ethyl adjacent to an activating group) is 1. The average Bonchev–Trinajstić information content (AvgIpc) is 3.56. The number of hydrogen-bond acceptors (Lipinski definition) is 7. The first-order valence-corrected chi connectivity index (χ1v) is 38.9. The maximum absolute atomic E-state index is 12.9. The molecule has 2 unspecified atom stereocenters. The second kappa shape index (κ2) is 67.4. The van der Waals surface area contributed by atoms with Gasteiger partial charge in [0, 0.05) is 12.8 Å². The van der Waals surface area contributed by atoms with Crippen molar-refractivity contribution in [2.75, 3.05) is 47.5 Å². The van der Waals surface area contributed by atoms with E-state index in [2.05, 4.69) is 62.5 Å². The molecule has 0 heterocycles. The Labute approximate surface area is 534 Å². The number of unbranched alkanes of at least 4 members (excludes halogenated alkanes) is 48. The van der Waals surface area contributed by atoms with Crippen LogP contribution < -0.4 is 0 Å². The highest BCUT2D eigenvalue weighted by Gasteiger charge is 2.27. The quantitative estimate of drug-likeness (QED) is 0.0211. The molecule has 0 bridgehead atoms. The zero-order valence-corrected chi connectivity index (χ0v) is 58.7. The summed E-state index contributed by atoms with van der Waals surface area (Å²) in [5, 5.41) is 0. The van der Waals surface area contributed by atoms with E-state index in [1.165, 1.54) is 283 Å². The third kappa shape index (κ3) is 71.1. The van der Waals surface area contributed by atoms with Crippen LogP contribution in [-0.4, -0.2) is 74.9 Å². The average molecular weight is 1230 g/mol. The Balaban J connectivity index is 3.91. The summed E-state index contributed by atoms with van der Waals surface area (Å²) >= 11 is 0. The standard InChI is InChI=1S/C76H144NO8P/c1-6-8-10-12-14-16-18-20-22-24-26-28-30-31-32-33-34-35-36-37-38-39-40-41-42-43-44-45-47-48-50-52-54-56-58-60-62-64-66-68-75(78)82-72-74(73-84-86(80,81)83-71-70-77(3,4)5)85-76(79)69-67-65-63-61-59-57-55-53-51-49-46-29-27-25-23-21-19-17-15-13-11-9-7-2/h19,21,24-27,46,49,74H,6-18,20,22-23,28-45,47-48,50-73H2,1-5H3/p+1/b21-19-,26-24-,27-25-,49-46-. The van der Waals surface area contributed by atoms with Gasteiger partial charge in [-0.15, -0.1) is 0 Å². The molecule has 9 nitrogen and oxygen atoms in total. The number of phosphoric acid groups is 1. The fourth-order valence-corrected chi connectivity index (χ4v) is 11.8. The van der Waals surface area contributed by atoms with E-state index in [0.29, 0.717) is 23.9 Å². The lowest BCUT2D eigenvalue weighted by Crippen LogP contribution is -2.37. The Hall–Kier alpha value is -2.03. The van der Waals surface area contributed by atoms with E-state index in [1.54, 1.807) is 0 Å². The molecular formula is C76H145NO8P+. The van der Waals surface area contributed by atoms with E-state index < -0.39 is 26.5 Å². The molecule has 0 radical (unpaired) electrons. The van der Waals surface area contributed by atoms with E-state index >= 15 is 0 Å². The van der Waals surface area contributed by atoms with Gasteiger partial charge in [0.15, 0.2) is 6.10 Å². The van der Waals surface area contributed by atoms with Gasteiger partial charge < -0.3 is 18.9 Å². The van der Waals surface area contributed by atoms with E-state index in [-0.39, 0.29) is 25.6 Å². The van der Waals surface area contributed by atoms with Gasteiger partial charge in [-0.2, -0.15) is 0 Å². The maximum Gasteiger partial charge on any atom is 0.472 e. The molecule has 0 aliphatic heterocycles. The summed E-state index contributed by atoms with van der Waals surface area (Å²) in [6, 6.07) is 0. The van der Waals surface area contributed by atoms with Crippen LogP contribution >= 0.6 is 7.82 Å². The summed E-state index contributed by atoms with van der Waals surface area (Å²) in [7, 11) is 1.49. The topological polar surface area (TPSA) is 108 Å². The molecule has 2 atom stereocenters. The van der Waals surface area contributed by atoms with Gasteiger partial charge in [-0.25, -0.2) is 4.57 Å². The predicted molar refractivity (Wildman–Crippen MR) is 372 cm³/mol. The van der Waals surface area contributed by atoms with Crippen LogP contribution in [0, 0.1) is 0 Å². The first-order chi connectivity index (χ1) is 42.0. The zero-order valence-electron chi connectivity index (χ0n) is 57.8. The minimum absolute atomic E-state index is 0.0310. The van der Waals surface area contributed by atoms with Crippen LogP contribution in [0.5, 0.6) is 0 Å². The van der Waals surface area contributed by atoms with E-state index in [4.69, 9.17) is 18.5 Å². The van der Waals surface area contributed by atoms with Crippen molar-refractivity contribution in [3.05, 3.63) is 48.6 Å². The molecule has 10 heteroatoms. The normalized spacial score (nSPS) is 13.3. The number of carbonyl (C=O) groups is 2.